The van der Waals surface area contributed by atoms with Gasteiger partial charge in [-0.25, -0.2) is 4.98 Å². The van der Waals surface area contributed by atoms with Crippen LogP contribution in [0.2, 0.25) is 5.15 Å². The fourth-order valence-corrected chi connectivity index (χ4v) is 1.97. The van der Waals surface area contributed by atoms with Crippen LogP contribution in [0, 0.1) is 0 Å². The number of aromatic amines is 1. The zero-order valence-electron chi connectivity index (χ0n) is 9.81. The lowest BCUT2D eigenvalue weighted by atomic mass is 10.2. The number of rotatable bonds is 1. The molecule has 5 heteroatoms. The molecule has 0 aliphatic heterocycles. The molecule has 0 fully saturated rings. The van der Waals surface area contributed by atoms with Crippen LogP contribution in [0.5, 0.6) is 0 Å². The maximum atomic E-state index is 11.4. The summed E-state index contributed by atoms with van der Waals surface area (Å²) < 4.78 is 0.206. The first kappa shape index (κ1) is 13.8. The van der Waals surface area contributed by atoms with Crippen molar-refractivity contribution in [2.24, 2.45) is 0 Å². The molecule has 3 nitrogen and oxygen atoms in total. The van der Waals surface area contributed by atoms with Gasteiger partial charge in [0.25, 0.3) is 5.56 Å². The minimum Gasteiger partial charge on any atom is -0.309 e. The minimum atomic E-state index is -0.350. The Kier molecular flexibility index (Phi) is 4.71. The van der Waals surface area contributed by atoms with E-state index in [0.29, 0.717) is 5.69 Å². The highest BCUT2D eigenvalue weighted by atomic mass is 79.9. The van der Waals surface area contributed by atoms with E-state index in [-0.39, 0.29) is 15.3 Å². The molecule has 0 bridgehead atoms. The van der Waals surface area contributed by atoms with Gasteiger partial charge in [0.15, 0.2) is 4.60 Å². The van der Waals surface area contributed by atoms with E-state index in [2.05, 4.69) is 25.9 Å². The van der Waals surface area contributed by atoms with E-state index in [9.17, 15) is 4.79 Å². The molecule has 0 unspecified atom stereocenters. The molecule has 0 amide bonds. The van der Waals surface area contributed by atoms with Gasteiger partial charge in [-0.3, -0.25) is 4.79 Å². The Balaban J connectivity index is 2.65. The highest BCUT2D eigenvalue weighted by molar-refractivity contribution is 9.10. The minimum absolute atomic E-state index is 0.206. The van der Waals surface area contributed by atoms with Crippen molar-refractivity contribution in [3.63, 3.8) is 0 Å². The number of nitrogens with zero attached hydrogens (tertiary/aromatic N) is 1. The molecule has 0 atom stereocenters. The van der Waals surface area contributed by atoms with Gasteiger partial charge in [0.2, 0.25) is 0 Å². The fourth-order valence-electron chi connectivity index (χ4n) is 1.45. The summed E-state index contributed by atoms with van der Waals surface area (Å²) in [6.07, 6.45) is 0. The van der Waals surface area contributed by atoms with Crippen LogP contribution in [0.1, 0.15) is 0 Å². The van der Waals surface area contributed by atoms with Gasteiger partial charge in [-0.1, -0.05) is 66.2 Å². The first-order valence-electron chi connectivity index (χ1n) is 5.52. The zero-order valence-corrected chi connectivity index (χ0v) is 12.1. The van der Waals surface area contributed by atoms with Crippen molar-refractivity contribution in [1.82, 2.24) is 9.97 Å². The first-order chi connectivity index (χ1) is 9.18. The SMILES string of the molecule is O=c1[nH]c(Cl)c(-c2ccccccccc2)nc1Br. The van der Waals surface area contributed by atoms with Crippen molar-refractivity contribution < 1.29 is 0 Å². The monoisotopic (exact) mass is 336 g/mol. The lowest BCUT2D eigenvalue weighted by Crippen LogP contribution is -2.09. The van der Waals surface area contributed by atoms with Crippen molar-refractivity contribution >= 4 is 27.5 Å². The average molecular weight is 338 g/mol. The molecule has 96 valence electrons. The van der Waals surface area contributed by atoms with Gasteiger partial charge in [0.1, 0.15) is 10.8 Å². The zero-order chi connectivity index (χ0) is 13.7. The Hall–Kier alpha value is -1.65. The van der Waals surface area contributed by atoms with Crippen LogP contribution in [-0.2, 0) is 0 Å². The summed E-state index contributed by atoms with van der Waals surface area (Å²) in [7, 11) is 0. The number of hydrogen-bond acceptors (Lipinski definition) is 2. The molecule has 0 saturated carbocycles. The molecule has 19 heavy (non-hydrogen) atoms. The molecule has 1 N–H and O–H groups in total. The van der Waals surface area contributed by atoms with Crippen LogP contribution in [-0.4, -0.2) is 9.97 Å². The summed E-state index contributed by atoms with van der Waals surface area (Å²) in [5.74, 6) is 0. The van der Waals surface area contributed by atoms with Gasteiger partial charge in [-0.05, 0) is 15.9 Å². The van der Waals surface area contributed by atoms with Gasteiger partial charge in [-0.2, -0.15) is 0 Å². The molecule has 1 aromatic carbocycles. The van der Waals surface area contributed by atoms with Gasteiger partial charge in [0, 0.05) is 5.56 Å². The maximum absolute atomic E-state index is 11.4. The summed E-state index contributed by atoms with van der Waals surface area (Å²) in [5, 5.41) is 0.217. The average Bonchev–Trinajstić information content (AvgIpc) is 2.40. The first-order valence-corrected chi connectivity index (χ1v) is 6.69. The van der Waals surface area contributed by atoms with E-state index < -0.39 is 0 Å². The van der Waals surface area contributed by atoms with Crippen LogP contribution >= 0.6 is 27.5 Å². The van der Waals surface area contributed by atoms with E-state index in [4.69, 9.17) is 11.6 Å². The molecule has 0 radical (unpaired) electrons. The fraction of sp³-hybridized carbons (Fsp3) is 0. The summed E-state index contributed by atoms with van der Waals surface area (Å²) >= 11 is 9.13. The van der Waals surface area contributed by atoms with Crippen molar-refractivity contribution in [1.29, 1.82) is 0 Å². The third-order valence-corrected chi connectivity index (χ3v) is 3.13. The Morgan fingerprint density at radius 3 is 2.11 bits per heavy atom. The van der Waals surface area contributed by atoms with E-state index in [0.717, 1.165) is 5.56 Å². The number of nitrogens with one attached hydrogen (secondary N) is 1. The molecular formula is C14H10BrClN2O. The van der Waals surface area contributed by atoms with E-state index in [1.54, 1.807) is 0 Å². The van der Waals surface area contributed by atoms with E-state index in [1.165, 1.54) is 0 Å². The molecule has 0 spiro atoms. The largest absolute Gasteiger partial charge is 0.309 e. The van der Waals surface area contributed by atoms with E-state index in [1.807, 2.05) is 54.6 Å². The predicted octanol–water partition coefficient (Wildman–Crippen LogP) is 3.98. The summed E-state index contributed by atoms with van der Waals surface area (Å²) in [6.45, 7) is 0. The summed E-state index contributed by atoms with van der Waals surface area (Å²) in [4.78, 5) is 18.1. The number of hydrogen-bond donors (Lipinski definition) is 1. The quantitative estimate of drug-likeness (QED) is 0.855. The number of H-pyrrole nitrogens is 1. The van der Waals surface area contributed by atoms with Crippen molar-refractivity contribution in [2.45, 2.75) is 0 Å². The van der Waals surface area contributed by atoms with Gasteiger partial charge in [-0.15, -0.1) is 0 Å². The van der Waals surface area contributed by atoms with Crippen LogP contribution in [0.25, 0.3) is 11.3 Å². The van der Waals surface area contributed by atoms with Crippen molar-refractivity contribution in [3.8, 4) is 11.3 Å². The Morgan fingerprint density at radius 2 is 1.53 bits per heavy atom. The van der Waals surface area contributed by atoms with Crippen LogP contribution in [0.3, 0.4) is 0 Å². The van der Waals surface area contributed by atoms with Gasteiger partial charge < -0.3 is 4.98 Å². The van der Waals surface area contributed by atoms with Crippen molar-refractivity contribution in [3.05, 3.63) is 74.7 Å². The van der Waals surface area contributed by atoms with Gasteiger partial charge >= 0.3 is 0 Å². The summed E-state index contributed by atoms with van der Waals surface area (Å²) in [5.41, 5.74) is 0.974. The Bertz CT molecular complexity index is 674. The third kappa shape index (κ3) is 3.66. The second kappa shape index (κ2) is 6.50. The molecule has 2 rings (SSSR count). The highest BCUT2D eigenvalue weighted by Crippen LogP contribution is 2.22. The molecular weight excluding hydrogens is 328 g/mol. The topological polar surface area (TPSA) is 45.8 Å². The maximum Gasteiger partial charge on any atom is 0.282 e. The molecule has 1 heterocycles. The standard InChI is InChI=1S/C14H10BrClN2O/c15-12-14(19)18-13(16)11(17-12)10-8-6-4-2-1-3-5-7-9-10/h1-9H,(H,18,19). The lowest BCUT2D eigenvalue weighted by Gasteiger charge is -2.02. The molecule has 1 aromatic heterocycles. The second-order valence-corrected chi connectivity index (χ2v) is 4.78. The molecule has 2 aromatic rings. The summed E-state index contributed by atoms with van der Waals surface area (Å²) in [6, 6.07) is 17.1. The van der Waals surface area contributed by atoms with Gasteiger partial charge in [0.05, 0.1) is 0 Å². The molecule has 0 saturated heterocycles. The normalized spacial score (nSPS) is 9.79. The van der Waals surface area contributed by atoms with Crippen LogP contribution in [0.15, 0.2) is 64.0 Å². The Morgan fingerprint density at radius 1 is 1.00 bits per heavy atom. The molecule has 0 aliphatic rings. The number of halogens is 2. The smallest absolute Gasteiger partial charge is 0.282 e. The Labute approximate surface area is 123 Å². The second-order valence-electron chi connectivity index (χ2n) is 3.66. The lowest BCUT2D eigenvalue weighted by molar-refractivity contribution is 1.11. The van der Waals surface area contributed by atoms with Crippen molar-refractivity contribution in [2.75, 3.05) is 0 Å². The number of aromatic nitrogens is 2. The highest BCUT2D eigenvalue weighted by Gasteiger charge is 2.08. The van der Waals surface area contributed by atoms with Crippen LogP contribution < -0.4 is 5.56 Å². The van der Waals surface area contributed by atoms with Crippen LogP contribution in [0.4, 0.5) is 0 Å². The molecule has 0 aliphatic carbocycles. The van der Waals surface area contributed by atoms with E-state index >= 15 is 0 Å². The third-order valence-electron chi connectivity index (χ3n) is 2.32. The predicted molar refractivity (Wildman–Crippen MR) is 80.6 cm³/mol.